The maximum absolute atomic E-state index is 12.3. The van der Waals surface area contributed by atoms with Gasteiger partial charge in [0.25, 0.3) is 5.91 Å². The molecule has 1 N–H and O–H groups in total. The van der Waals surface area contributed by atoms with Crippen LogP contribution in [0.3, 0.4) is 0 Å². The molecule has 1 fully saturated rings. The van der Waals surface area contributed by atoms with Gasteiger partial charge in [0.2, 0.25) is 10.0 Å². The van der Waals surface area contributed by atoms with E-state index in [0.717, 1.165) is 5.56 Å². The number of morpholine rings is 1. The minimum Gasteiger partial charge on any atom is -0.378 e. The molecule has 1 aliphatic heterocycles. The zero-order chi connectivity index (χ0) is 16.2. The van der Waals surface area contributed by atoms with E-state index in [9.17, 15) is 13.2 Å². The lowest BCUT2D eigenvalue weighted by atomic mass is 10.1. The first-order valence-corrected chi connectivity index (χ1v) is 8.94. The molecule has 1 unspecified atom stereocenters. The number of hydrogen-bond acceptors (Lipinski definition) is 4. The van der Waals surface area contributed by atoms with Crippen LogP contribution in [0.5, 0.6) is 0 Å². The average Bonchev–Trinajstić information content (AvgIpc) is 2.47. The molecule has 0 aromatic heterocycles. The molecule has 0 saturated carbocycles. The molecule has 1 heterocycles. The van der Waals surface area contributed by atoms with Crippen molar-refractivity contribution in [2.75, 3.05) is 32.1 Å². The van der Waals surface area contributed by atoms with Gasteiger partial charge in [-0.25, -0.2) is 8.42 Å². The van der Waals surface area contributed by atoms with E-state index in [4.69, 9.17) is 4.74 Å². The Labute approximate surface area is 131 Å². The van der Waals surface area contributed by atoms with E-state index in [1.807, 2.05) is 26.0 Å². The number of amides is 1. The first-order chi connectivity index (χ1) is 10.4. The molecule has 1 aromatic rings. The summed E-state index contributed by atoms with van der Waals surface area (Å²) in [6.45, 7) is 4.96. The first kappa shape index (κ1) is 16.9. The molecular weight excluding hydrogens is 304 g/mol. The Morgan fingerprint density at radius 3 is 2.82 bits per heavy atom. The molecule has 0 spiro atoms. The van der Waals surface area contributed by atoms with Crippen molar-refractivity contribution >= 4 is 15.9 Å². The molecule has 1 amide bonds. The van der Waals surface area contributed by atoms with Crippen LogP contribution in [-0.4, -0.2) is 56.7 Å². The van der Waals surface area contributed by atoms with Crippen LogP contribution in [0, 0.1) is 6.92 Å². The Kier molecular flexibility index (Phi) is 5.55. The quantitative estimate of drug-likeness (QED) is 0.867. The van der Waals surface area contributed by atoms with Crippen LogP contribution in [0.4, 0.5) is 0 Å². The summed E-state index contributed by atoms with van der Waals surface area (Å²) < 4.78 is 31.3. The summed E-state index contributed by atoms with van der Waals surface area (Å²) in [6, 6.07) is 7.06. The first-order valence-electron chi connectivity index (χ1n) is 7.33. The number of aryl methyl sites for hydroxylation is 1. The Hall–Kier alpha value is -1.44. The van der Waals surface area contributed by atoms with Crippen molar-refractivity contribution in [1.82, 2.24) is 9.62 Å². The predicted octanol–water partition coefficient (Wildman–Crippen LogP) is 0.775. The fraction of sp³-hybridized carbons (Fsp3) is 0.533. The van der Waals surface area contributed by atoms with Crippen LogP contribution in [0.2, 0.25) is 0 Å². The highest BCUT2D eigenvalue weighted by molar-refractivity contribution is 7.89. The van der Waals surface area contributed by atoms with Gasteiger partial charge in [0.1, 0.15) is 0 Å². The number of rotatable bonds is 5. The second-order valence-electron chi connectivity index (χ2n) is 5.42. The van der Waals surface area contributed by atoms with Gasteiger partial charge in [-0.3, -0.25) is 4.79 Å². The van der Waals surface area contributed by atoms with Crippen LogP contribution in [0.25, 0.3) is 0 Å². The van der Waals surface area contributed by atoms with E-state index in [-0.39, 0.29) is 24.2 Å². The third-order valence-corrected chi connectivity index (χ3v) is 5.68. The van der Waals surface area contributed by atoms with Gasteiger partial charge in [-0.15, -0.1) is 0 Å². The lowest BCUT2D eigenvalue weighted by Gasteiger charge is -2.32. The van der Waals surface area contributed by atoms with Crippen molar-refractivity contribution in [3.05, 3.63) is 35.4 Å². The molecule has 2 rings (SSSR count). The zero-order valence-corrected chi connectivity index (χ0v) is 13.7. The largest absolute Gasteiger partial charge is 0.378 e. The second kappa shape index (κ2) is 7.21. The fourth-order valence-electron chi connectivity index (χ4n) is 2.46. The van der Waals surface area contributed by atoms with Crippen molar-refractivity contribution in [3.63, 3.8) is 0 Å². The molecule has 0 bridgehead atoms. The number of ether oxygens (including phenoxy) is 1. The summed E-state index contributed by atoms with van der Waals surface area (Å²) in [6.07, 6.45) is 0. The van der Waals surface area contributed by atoms with Crippen LogP contribution in [0.15, 0.2) is 24.3 Å². The van der Waals surface area contributed by atoms with Gasteiger partial charge in [-0.2, -0.15) is 4.31 Å². The summed E-state index contributed by atoms with van der Waals surface area (Å²) >= 11 is 0. The standard InChI is InChI=1S/C15H22N2O4S/c1-12-5-3-4-6-14(12)15(18)16-7-10-22(19,20)17-8-9-21-11-13(17)2/h3-6,13H,7-11H2,1-2H3,(H,16,18). The van der Waals surface area contributed by atoms with Crippen LogP contribution >= 0.6 is 0 Å². The van der Waals surface area contributed by atoms with Crippen LogP contribution in [0.1, 0.15) is 22.8 Å². The SMILES string of the molecule is Cc1ccccc1C(=O)NCCS(=O)(=O)N1CCOCC1C. The molecule has 1 saturated heterocycles. The highest BCUT2D eigenvalue weighted by Crippen LogP contribution is 2.12. The Balaban J connectivity index is 1.90. The summed E-state index contributed by atoms with van der Waals surface area (Å²) in [5, 5.41) is 2.67. The molecule has 6 nitrogen and oxygen atoms in total. The highest BCUT2D eigenvalue weighted by Gasteiger charge is 2.29. The maximum atomic E-state index is 12.3. The number of carbonyl (C=O) groups excluding carboxylic acids is 1. The minimum absolute atomic E-state index is 0.0968. The monoisotopic (exact) mass is 326 g/mol. The summed E-state index contributed by atoms with van der Waals surface area (Å²) in [7, 11) is -3.38. The lowest BCUT2D eigenvalue weighted by molar-refractivity contribution is 0.0393. The third kappa shape index (κ3) is 4.06. The Morgan fingerprint density at radius 1 is 1.41 bits per heavy atom. The van der Waals surface area contributed by atoms with Gasteiger partial charge in [0, 0.05) is 24.7 Å². The van der Waals surface area contributed by atoms with Crippen molar-refractivity contribution in [2.24, 2.45) is 0 Å². The predicted molar refractivity (Wildman–Crippen MR) is 84.3 cm³/mol. The minimum atomic E-state index is -3.38. The number of sulfonamides is 1. The molecule has 1 atom stereocenters. The molecule has 1 aromatic carbocycles. The summed E-state index contributed by atoms with van der Waals surface area (Å²) in [5.74, 6) is -0.349. The Bertz CT molecular complexity index is 630. The smallest absolute Gasteiger partial charge is 0.251 e. The lowest BCUT2D eigenvalue weighted by Crippen LogP contribution is -2.49. The average molecular weight is 326 g/mol. The molecule has 22 heavy (non-hydrogen) atoms. The van der Waals surface area contributed by atoms with E-state index in [0.29, 0.717) is 25.3 Å². The number of carbonyl (C=O) groups is 1. The summed E-state index contributed by atoms with van der Waals surface area (Å²) in [4.78, 5) is 12.1. The number of benzene rings is 1. The van der Waals surface area contributed by atoms with Crippen LogP contribution in [-0.2, 0) is 14.8 Å². The second-order valence-corrected chi connectivity index (χ2v) is 7.46. The van der Waals surface area contributed by atoms with Crippen molar-refractivity contribution < 1.29 is 17.9 Å². The number of nitrogens with zero attached hydrogens (tertiary/aromatic N) is 1. The molecule has 1 aliphatic rings. The topological polar surface area (TPSA) is 75.7 Å². The molecule has 7 heteroatoms. The summed E-state index contributed by atoms with van der Waals surface area (Å²) in [5.41, 5.74) is 1.43. The van der Waals surface area contributed by atoms with E-state index >= 15 is 0 Å². The normalized spacial score (nSPS) is 19.8. The van der Waals surface area contributed by atoms with Gasteiger partial charge in [0.05, 0.1) is 19.0 Å². The van der Waals surface area contributed by atoms with Crippen molar-refractivity contribution in [3.8, 4) is 0 Å². The maximum Gasteiger partial charge on any atom is 0.251 e. The molecule has 122 valence electrons. The third-order valence-electron chi connectivity index (χ3n) is 3.70. The van der Waals surface area contributed by atoms with Gasteiger partial charge < -0.3 is 10.1 Å². The molecule has 0 radical (unpaired) electrons. The van der Waals surface area contributed by atoms with Crippen LogP contribution < -0.4 is 5.32 Å². The van der Waals surface area contributed by atoms with E-state index in [2.05, 4.69) is 5.32 Å². The van der Waals surface area contributed by atoms with Gasteiger partial charge >= 0.3 is 0 Å². The molecular formula is C15H22N2O4S. The van der Waals surface area contributed by atoms with Gasteiger partial charge in [-0.1, -0.05) is 18.2 Å². The molecule has 0 aliphatic carbocycles. The number of nitrogens with one attached hydrogen (secondary N) is 1. The van der Waals surface area contributed by atoms with Crippen molar-refractivity contribution in [2.45, 2.75) is 19.9 Å². The van der Waals surface area contributed by atoms with E-state index in [1.165, 1.54) is 4.31 Å². The van der Waals surface area contributed by atoms with Gasteiger partial charge in [-0.05, 0) is 25.5 Å². The Morgan fingerprint density at radius 2 is 2.14 bits per heavy atom. The van der Waals surface area contributed by atoms with Gasteiger partial charge in [0.15, 0.2) is 0 Å². The van der Waals surface area contributed by atoms with E-state index in [1.54, 1.807) is 12.1 Å². The van der Waals surface area contributed by atoms with E-state index < -0.39 is 10.0 Å². The van der Waals surface area contributed by atoms with Crippen molar-refractivity contribution in [1.29, 1.82) is 0 Å². The number of hydrogen-bond donors (Lipinski definition) is 1. The fourth-order valence-corrected chi connectivity index (χ4v) is 4.02. The highest BCUT2D eigenvalue weighted by atomic mass is 32.2. The zero-order valence-electron chi connectivity index (χ0n) is 12.9.